The Morgan fingerprint density at radius 2 is 2.00 bits per heavy atom. The number of aromatic nitrogens is 1. The monoisotopic (exact) mass is 476 g/mol. The highest BCUT2D eigenvalue weighted by Crippen LogP contribution is 2.39. The molecule has 0 aliphatic carbocycles. The van der Waals surface area contributed by atoms with E-state index in [1.165, 1.54) is 0 Å². The summed E-state index contributed by atoms with van der Waals surface area (Å²) >= 11 is 0. The number of nitrogens with two attached hydrogens (primary N) is 1. The summed E-state index contributed by atoms with van der Waals surface area (Å²) in [5.41, 5.74) is 6.58. The van der Waals surface area contributed by atoms with Crippen molar-refractivity contribution in [1.29, 1.82) is 0 Å². The molecule has 1 unspecified atom stereocenters. The summed E-state index contributed by atoms with van der Waals surface area (Å²) in [4.78, 5) is 18.6. The van der Waals surface area contributed by atoms with E-state index in [0.717, 1.165) is 31.3 Å². The van der Waals surface area contributed by atoms with Gasteiger partial charge in [-0.3, -0.25) is 9.78 Å². The van der Waals surface area contributed by atoms with Gasteiger partial charge in [0.05, 0.1) is 11.3 Å². The standard InChI is InChI=1S/C21H22F6N4O2/c1-10-17(12-5-13(22)7-15(6-12)33-20(23)24)18(31-4-3-14(28)9-31)16(8-29-10)19(32)30-11(2)21(25,26)27/h5-8,11,14,20H,3-4,9,28H2,1-2H3,(H,30,32)/t11?,14-/m0/s1. The molecular weight excluding hydrogens is 454 g/mol. The van der Waals surface area contributed by atoms with Crippen LogP contribution in [-0.2, 0) is 0 Å². The Hall–Kier alpha value is -3.02. The summed E-state index contributed by atoms with van der Waals surface area (Å²) in [7, 11) is 0. The van der Waals surface area contributed by atoms with Gasteiger partial charge in [0.2, 0.25) is 0 Å². The first-order chi connectivity index (χ1) is 15.4. The Labute approximate surface area is 185 Å². The molecule has 0 radical (unpaired) electrons. The second kappa shape index (κ2) is 9.46. The van der Waals surface area contributed by atoms with Gasteiger partial charge in [-0.15, -0.1) is 0 Å². The molecule has 2 heterocycles. The Bertz CT molecular complexity index is 1030. The van der Waals surface area contributed by atoms with Crippen LogP contribution in [0.4, 0.5) is 32.0 Å². The summed E-state index contributed by atoms with van der Waals surface area (Å²) in [6.07, 6.45) is -2.99. The Balaban J connectivity index is 2.17. The van der Waals surface area contributed by atoms with E-state index in [-0.39, 0.29) is 35.0 Å². The zero-order valence-electron chi connectivity index (χ0n) is 17.7. The van der Waals surface area contributed by atoms with Crippen molar-refractivity contribution in [2.45, 2.75) is 45.1 Å². The fraction of sp³-hybridized carbons (Fsp3) is 0.429. The molecule has 6 nitrogen and oxygen atoms in total. The van der Waals surface area contributed by atoms with E-state index in [2.05, 4.69) is 9.72 Å². The van der Waals surface area contributed by atoms with Gasteiger partial charge in [-0.25, -0.2) is 4.39 Å². The van der Waals surface area contributed by atoms with Gasteiger partial charge in [-0.2, -0.15) is 22.0 Å². The highest BCUT2D eigenvalue weighted by Gasteiger charge is 2.38. The molecular formula is C21H22F6N4O2. The van der Waals surface area contributed by atoms with Crippen molar-refractivity contribution in [3.05, 3.63) is 41.5 Å². The predicted octanol–water partition coefficient (Wildman–Crippen LogP) is 4.02. The number of pyridine rings is 1. The number of nitrogens with one attached hydrogen (secondary N) is 1. The molecule has 1 amide bonds. The minimum atomic E-state index is -4.67. The van der Waals surface area contributed by atoms with Gasteiger partial charge in [-0.05, 0) is 38.0 Å². The Morgan fingerprint density at radius 1 is 1.30 bits per heavy atom. The van der Waals surface area contributed by atoms with Gasteiger partial charge < -0.3 is 20.7 Å². The second-order valence-corrected chi connectivity index (χ2v) is 7.77. The van der Waals surface area contributed by atoms with Crippen LogP contribution >= 0.6 is 0 Å². The van der Waals surface area contributed by atoms with Gasteiger partial charge in [0.25, 0.3) is 5.91 Å². The average molecular weight is 476 g/mol. The molecule has 3 N–H and O–H groups in total. The fourth-order valence-corrected chi connectivity index (χ4v) is 3.66. The molecule has 3 rings (SSSR count). The number of halogens is 6. The van der Waals surface area contributed by atoms with Crippen LogP contribution in [0.25, 0.3) is 11.1 Å². The summed E-state index contributed by atoms with van der Waals surface area (Å²) in [5, 5.41) is 1.90. The van der Waals surface area contributed by atoms with E-state index in [4.69, 9.17) is 5.73 Å². The summed E-state index contributed by atoms with van der Waals surface area (Å²) in [6, 6.07) is 0.566. The minimum Gasteiger partial charge on any atom is -0.435 e. The van der Waals surface area contributed by atoms with E-state index in [0.29, 0.717) is 18.7 Å². The van der Waals surface area contributed by atoms with Gasteiger partial charge in [0, 0.05) is 42.7 Å². The van der Waals surface area contributed by atoms with E-state index < -0.39 is 36.3 Å². The van der Waals surface area contributed by atoms with E-state index in [9.17, 15) is 31.1 Å². The molecule has 1 aliphatic rings. The van der Waals surface area contributed by atoms with Crippen LogP contribution in [-0.4, -0.2) is 48.9 Å². The third-order valence-corrected chi connectivity index (χ3v) is 5.25. The number of hydrogen-bond donors (Lipinski definition) is 2. The maximum atomic E-state index is 14.2. The third kappa shape index (κ3) is 5.67. The molecule has 1 aromatic carbocycles. The second-order valence-electron chi connectivity index (χ2n) is 7.77. The largest absolute Gasteiger partial charge is 0.435 e. The topological polar surface area (TPSA) is 80.5 Å². The first kappa shape index (κ1) is 24.6. The van der Waals surface area contributed by atoms with Crippen LogP contribution in [0.2, 0.25) is 0 Å². The number of carbonyl (C=O) groups is 1. The van der Waals surface area contributed by atoms with E-state index >= 15 is 0 Å². The number of hydrogen-bond acceptors (Lipinski definition) is 5. The number of anilines is 1. The van der Waals surface area contributed by atoms with Crippen LogP contribution in [0.15, 0.2) is 24.4 Å². The van der Waals surface area contributed by atoms with E-state index in [1.54, 1.807) is 11.8 Å². The van der Waals surface area contributed by atoms with Crippen molar-refractivity contribution in [1.82, 2.24) is 10.3 Å². The van der Waals surface area contributed by atoms with Gasteiger partial charge in [0.1, 0.15) is 17.6 Å². The molecule has 1 saturated heterocycles. The number of benzene rings is 1. The zero-order chi connectivity index (χ0) is 24.5. The maximum Gasteiger partial charge on any atom is 0.408 e. The molecule has 2 atom stereocenters. The van der Waals surface area contributed by atoms with Crippen molar-refractivity contribution in [3.8, 4) is 16.9 Å². The molecule has 180 valence electrons. The first-order valence-electron chi connectivity index (χ1n) is 10.00. The molecule has 0 saturated carbocycles. The van der Waals surface area contributed by atoms with Crippen LogP contribution in [0, 0.1) is 12.7 Å². The van der Waals surface area contributed by atoms with E-state index in [1.807, 2.05) is 5.32 Å². The molecule has 1 aliphatic heterocycles. The summed E-state index contributed by atoms with van der Waals surface area (Å²) in [5.74, 6) is -2.37. The number of nitrogens with zero attached hydrogens (tertiary/aromatic N) is 2. The number of carbonyl (C=O) groups excluding carboxylic acids is 1. The summed E-state index contributed by atoms with van der Waals surface area (Å²) < 4.78 is 83.0. The zero-order valence-corrected chi connectivity index (χ0v) is 17.7. The number of amides is 1. The SMILES string of the molecule is Cc1ncc(C(=O)NC(C)C(F)(F)F)c(N2CC[C@H](N)C2)c1-c1cc(F)cc(OC(F)F)c1. The lowest BCUT2D eigenvalue weighted by Gasteiger charge is -2.27. The Morgan fingerprint density at radius 3 is 2.58 bits per heavy atom. The van der Waals surface area contributed by atoms with Crippen molar-refractivity contribution < 1.29 is 35.9 Å². The molecule has 12 heteroatoms. The highest BCUT2D eigenvalue weighted by molar-refractivity contribution is 6.04. The van der Waals surface area contributed by atoms with Crippen LogP contribution in [0.1, 0.15) is 29.4 Å². The van der Waals surface area contributed by atoms with Gasteiger partial charge >= 0.3 is 12.8 Å². The third-order valence-electron chi connectivity index (χ3n) is 5.25. The van der Waals surface area contributed by atoms with Crippen molar-refractivity contribution in [3.63, 3.8) is 0 Å². The predicted molar refractivity (Wildman–Crippen MR) is 109 cm³/mol. The lowest BCUT2D eigenvalue weighted by molar-refractivity contribution is -0.149. The van der Waals surface area contributed by atoms with Gasteiger partial charge in [-0.1, -0.05) is 0 Å². The number of alkyl halides is 5. The molecule has 1 fully saturated rings. The van der Waals surface area contributed by atoms with Crippen molar-refractivity contribution in [2.24, 2.45) is 5.73 Å². The lowest BCUT2D eigenvalue weighted by atomic mass is 9.97. The highest BCUT2D eigenvalue weighted by atomic mass is 19.4. The number of ether oxygens (including phenoxy) is 1. The molecule has 0 spiro atoms. The number of aryl methyl sites for hydroxylation is 1. The van der Waals surface area contributed by atoms with Crippen LogP contribution in [0.5, 0.6) is 5.75 Å². The summed E-state index contributed by atoms with van der Waals surface area (Å²) in [6.45, 7) is -0.195. The van der Waals surface area contributed by atoms with Gasteiger partial charge in [0.15, 0.2) is 0 Å². The lowest BCUT2D eigenvalue weighted by Crippen LogP contribution is -2.43. The molecule has 33 heavy (non-hydrogen) atoms. The molecule has 2 aromatic rings. The minimum absolute atomic E-state index is 0.0737. The fourth-order valence-electron chi connectivity index (χ4n) is 3.66. The first-order valence-corrected chi connectivity index (χ1v) is 10.00. The average Bonchev–Trinajstić information content (AvgIpc) is 3.11. The van der Waals surface area contributed by atoms with Crippen molar-refractivity contribution in [2.75, 3.05) is 18.0 Å². The quantitative estimate of drug-likeness (QED) is 0.616. The maximum absolute atomic E-state index is 14.2. The number of rotatable bonds is 6. The van der Waals surface area contributed by atoms with Crippen molar-refractivity contribution >= 4 is 11.6 Å². The van der Waals surface area contributed by atoms with Crippen LogP contribution in [0.3, 0.4) is 0 Å². The normalized spacial score (nSPS) is 17.4. The van der Waals surface area contributed by atoms with Crippen LogP contribution < -0.4 is 20.7 Å². The molecule has 0 bridgehead atoms. The molecule has 1 aromatic heterocycles. The Kier molecular flexibility index (Phi) is 7.06. The smallest absolute Gasteiger partial charge is 0.408 e.